The Morgan fingerprint density at radius 1 is 1.32 bits per heavy atom. The molecule has 1 aromatic carbocycles. The monoisotopic (exact) mass is 326 g/mol. The topological polar surface area (TPSA) is 36.1 Å². The number of hydrogen-bond acceptors (Lipinski definition) is 1. The molecule has 2 aromatic rings. The lowest BCUT2D eigenvalue weighted by molar-refractivity contribution is 0.0785. The van der Waals surface area contributed by atoms with E-state index in [4.69, 9.17) is 0 Å². The van der Waals surface area contributed by atoms with Crippen LogP contribution in [-0.2, 0) is 0 Å². The van der Waals surface area contributed by atoms with Crippen LogP contribution in [-0.4, -0.2) is 34.5 Å². The molecule has 0 saturated carbocycles. The van der Waals surface area contributed by atoms with Crippen LogP contribution in [0.2, 0.25) is 0 Å². The molecule has 19 heavy (non-hydrogen) atoms. The number of aromatic nitrogens is 1. The number of nitrogens with one attached hydrogen (secondary N) is 1. The maximum Gasteiger partial charge on any atom is 0.254 e. The summed E-state index contributed by atoms with van der Waals surface area (Å²) >= 11 is 3.31. The van der Waals surface area contributed by atoms with E-state index in [9.17, 15) is 9.18 Å². The molecule has 0 bridgehead atoms. The Hall–Kier alpha value is -1.36. The van der Waals surface area contributed by atoms with Gasteiger partial charge in [-0.1, -0.05) is 15.9 Å². The zero-order valence-corrected chi connectivity index (χ0v) is 12.1. The van der Waals surface area contributed by atoms with Crippen molar-refractivity contribution < 1.29 is 9.18 Å². The van der Waals surface area contributed by atoms with Crippen molar-refractivity contribution in [3.05, 3.63) is 36.0 Å². The molecule has 3 nitrogen and oxygen atoms in total. The number of halogens is 2. The number of benzene rings is 1. The van der Waals surface area contributed by atoms with Gasteiger partial charge in [0.15, 0.2) is 0 Å². The van der Waals surface area contributed by atoms with E-state index in [-0.39, 0.29) is 12.6 Å². The van der Waals surface area contributed by atoms with E-state index in [1.807, 2.05) is 30.5 Å². The van der Waals surface area contributed by atoms with Crippen LogP contribution in [0.3, 0.4) is 0 Å². The second-order valence-electron chi connectivity index (χ2n) is 4.36. The smallest absolute Gasteiger partial charge is 0.254 e. The molecule has 2 rings (SSSR count). The van der Waals surface area contributed by atoms with E-state index in [0.29, 0.717) is 30.4 Å². The van der Waals surface area contributed by atoms with E-state index in [1.165, 1.54) is 0 Å². The first-order valence-corrected chi connectivity index (χ1v) is 7.36. The third-order valence-corrected chi connectivity index (χ3v) is 3.65. The lowest BCUT2D eigenvalue weighted by atomic mass is 10.1. The Balaban J connectivity index is 2.11. The van der Waals surface area contributed by atoms with E-state index in [1.54, 1.807) is 4.90 Å². The van der Waals surface area contributed by atoms with Crippen LogP contribution in [0.4, 0.5) is 4.39 Å². The lowest BCUT2D eigenvalue weighted by Gasteiger charge is -2.19. The van der Waals surface area contributed by atoms with E-state index in [0.717, 1.165) is 10.9 Å². The molecule has 0 atom stereocenters. The number of fused-ring (bicyclic) bond motifs is 1. The average molecular weight is 327 g/mol. The van der Waals surface area contributed by atoms with Gasteiger partial charge in [-0.05, 0) is 37.1 Å². The van der Waals surface area contributed by atoms with Crippen molar-refractivity contribution >= 4 is 32.7 Å². The summed E-state index contributed by atoms with van der Waals surface area (Å²) in [5.74, 6) is -0.0289. The molecule has 1 N–H and O–H groups in total. The summed E-state index contributed by atoms with van der Waals surface area (Å²) in [5.41, 5.74) is 2.13. The van der Waals surface area contributed by atoms with Crippen molar-refractivity contribution in [1.29, 1.82) is 0 Å². The number of rotatable bonds is 6. The molecule has 1 heterocycles. The zero-order chi connectivity index (χ0) is 13.7. The fraction of sp³-hybridized carbons (Fsp3) is 0.357. The van der Waals surface area contributed by atoms with Crippen molar-refractivity contribution in [2.75, 3.05) is 18.7 Å². The van der Waals surface area contributed by atoms with Gasteiger partial charge in [-0.2, -0.15) is 0 Å². The van der Waals surface area contributed by atoms with Gasteiger partial charge in [-0.3, -0.25) is 9.18 Å². The number of unbranched alkanes of at least 4 members (excludes halogenated alkanes) is 1. The van der Waals surface area contributed by atoms with Gasteiger partial charge < -0.3 is 9.88 Å². The molecule has 0 spiro atoms. The standard InChI is InChI=1S/C14H16BrFN2O/c15-10-18(8-2-1-6-16)14(19)12-3-4-13-11(9-12)5-7-17-13/h3-5,7,9,17H,1-2,6,8,10H2. The molecule has 1 aromatic heterocycles. The minimum absolute atomic E-state index is 0.0289. The molecule has 0 aliphatic carbocycles. The van der Waals surface area contributed by atoms with Gasteiger partial charge in [0.05, 0.1) is 12.1 Å². The highest BCUT2D eigenvalue weighted by atomic mass is 79.9. The largest absolute Gasteiger partial charge is 0.361 e. The quantitative estimate of drug-likeness (QED) is 0.490. The number of amides is 1. The predicted molar refractivity (Wildman–Crippen MR) is 78.3 cm³/mol. The summed E-state index contributed by atoms with van der Waals surface area (Å²) in [7, 11) is 0. The maximum absolute atomic E-state index is 12.3. The van der Waals surface area contributed by atoms with Crippen molar-refractivity contribution in [1.82, 2.24) is 9.88 Å². The summed E-state index contributed by atoms with van der Waals surface area (Å²) in [5, 5.41) is 1.02. The van der Waals surface area contributed by atoms with Crippen LogP contribution in [0.25, 0.3) is 10.9 Å². The van der Waals surface area contributed by atoms with Gasteiger partial charge in [0, 0.05) is 29.2 Å². The third-order valence-electron chi connectivity index (χ3n) is 3.04. The minimum Gasteiger partial charge on any atom is -0.361 e. The van der Waals surface area contributed by atoms with E-state index in [2.05, 4.69) is 20.9 Å². The third kappa shape index (κ3) is 3.35. The predicted octanol–water partition coefficient (Wildman–Crippen LogP) is 3.71. The fourth-order valence-corrected chi connectivity index (χ4v) is 2.46. The molecule has 5 heteroatoms. The fourth-order valence-electron chi connectivity index (χ4n) is 1.98. The van der Waals surface area contributed by atoms with Crippen LogP contribution >= 0.6 is 15.9 Å². The molecule has 0 aliphatic heterocycles. The van der Waals surface area contributed by atoms with Crippen LogP contribution in [0.1, 0.15) is 23.2 Å². The normalized spacial score (nSPS) is 10.8. The zero-order valence-electron chi connectivity index (χ0n) is 10.5. The number of aromatic amines is 1. The van der Waals surface area contributed by atoms with Gasteiger partial charge in [0.2, 0.25) is 0 Å². The first kappa shape index (κ1) is 14.1. The Labute approximate surface area is 119 Å². The van der Waals surface area contributed by atoms with Crippen molar-refractivity contribution in [2.24, 2.45) is 0 Å². The highest BCUT2D eigenvalue weighted by Crippen LogP contribution is 2.16. The molecular formula is C14H16BrFN2O. The molecule has 0 fully saturated rings. The highest BCUT2D eigenvalue weighted by molar-refractivity contribution is 9.09. The van der Waals surface area contributed by atoms with Gasteiger partial charge in [-0.25, -0.2) is 0 Å². The number of carbonyl (C=O) groups excluding carboxylic acids is 1. The Morgan fingerprint density at radius 3 is 2.89 bits per heavy atom. The van der Waals surface area contributed by atoms with Crippen molar-refractivity contribution in [2.45, 2.75) is 12.8 Å². The number of H-pyrrole nitrogens is 1. The summed E-state index contributed by atoms with van der Waals surface area (Å²) in [6.07, 6.45) is 3.02. The molecule has 0 aliphatic rings. The number of carbonyl (C=O) groups is 1. The summed E-state index contributed by atoms with van der Waals surface area (Å²) in [6, 6.07) is 7.52. The molecule has 0 radical (unpaired) electrons. The van der Waals surface area contributed by atoms with Gasteiger partial charge in [-0.15, -0.1) is 0 Å². The lowest BCUT2D eigenvalue weighted by Crippen LogP contribution is -2.30. The summed E-state index contributed by atoms with van der Waals surface area (Å²) in [6.45, 7) is 0.235. The molecule has 0 saturated heterocycles. The molecule has 1 amide bonds. The van der Waals surface area contributed by atoms with E-state index < -0.39 is 0 Å². The Kier molecular flexibility index (Phi) is 4.96. The van der Waals surface area contributed by atoms with Crippen molar-refractivity contribution in [3.63, 3.8) is 0 Å². The second kappa shape index (κ2) is 6.70. The molecule has 102 valence electrons. The molecule has 0 unspecified atom stereocenters. The highest BCUT2D eigenvalue weighted by Gasteiger charge is 2.14. The number of hydrogen-bond donors (Lipinski definition) is 1. The Morgan fingerprint density at radius 2 is 2.16 bits per heavy atom. The van der Waals surface area contributed by atoms with Crippen LogP contribution < -0.4 is 0 Å². The summed E-state index contributed by atoms with van der Waals surface area (Å²) < 4.78 is 12.1. The SMILES string of the molecule is O=C(c1ccc2[nH]ccc2c1)N(CBr)CCCCF. The van der Waals surface area contributed by atoms with Crippen LogP contribution in [0.5, 0.6) is 0 Å². The first-order chi connectivity index (χ1) is 9.26. The van der Waals surface area contributed by atoms with Crippen molar-refractivity contribution in [3.8, 4) is 0 Å². The van der Waals surface area contributed by atoms with Gasteiger partial charge >= 0.3 is 0 Å². The van der Waals surface area contributed by atoms with Crippen LogP contribution in [0.15, 0.2) is 30.5 Å². The van der Waals surface area contributed by atoms with E-state index >= 15 is 0 Å². The number of alkyl halides is 2. The van der Waals surface area contributed by atoms with Crippen LogP contribution in [0, 0.1) is 0 Å². The average Bonchev–Trinajstić information content (AvgIpc) is 2.90. The first-order valence-electron chi connectivity index (χ1n) is 6.24. The minimum atomic E-state index is -0.334. The van der Waals surface area contributed by atoms with Gasteiger partial charge in [0.25, 0.3) is 5.91 Å². The number of nitrogens with zero attached hydrogens (tertiary/aromatic N) is 1. The maximum atomic E-state index is 12.3. The summed E-state index contributed by atoms with van der Waals surface area (Å²) in [4.78, 5) is 17.1. The second-order valence-corrected chi connectivity index (χ2v) is 4.87. The van der Waals surface area contributed by atoms with Gasteiger partial charge in [0.1, 0.15) is 0 Å². The molecular weight excluding hydrogens is 311 g/mol. The Bertz CT molecular complexity index is 555.